The van der Waals surface area contributed by atoms with Crippen LogP contribution in [0.3, 0.4) is 0 Å². The highest BCUT2D eigenvalue weighted by Crippen LogP contribution is 2.31. The quantitative estimate of drug-likeness (QED) is 0.285. The van der Waals surface area contributed by atoms with Crippen LogP contribution in [-0.2, 0) is 14.8 Å². The number of unbranched alkanes of at least 4 members (excludes halogenated alkanes) is 6. The van der Waals surface area contributed by atoms with Crippen LogP contribution in [0.5, 0.6) is 0 Å². The molecule has 0 aliphatic rings. The molecule has 0 aromatic carbocycles. The van der Waals surface area contributed by atoms with Crippen molar-refractivity contribution in [3.8, 4) is 10.6 Å². The number of nitrogens with zero attached hydrogens (tertiary/aromatic N) is 2. The van der Waals surface area contributed by atoms with Gasteiger partial charge in [-0.1, -0.05) is 50.6 Å². The largest absolute Gasteiger partial charge is 0.364 e. The van der Waals surface area contributed by atoms with E-state index in [-0.39, 0.29) is 10.8 Å². The molecule has 2 aromatic heterocycles. The van der Waals surface area contributed by atoms with E-state index in [0.717, 1.165) is 34.9 Å². The topological polar surface area (TPSA) is 113 Å². The molecule has 2 heterocycles. The predicted molar refractivity (Wildman–Crippen MR) is 106 cm³/mol. The molecule has 0 radical (unpaired) electrons. The van der Waals surface area contributed by atoms with Gasteiger partial charge in [0.05, 0.1) is 11.4 Å². The first-order chi connectivity index (χ1) is 13.5. The Kier molecular flexibility index (Phi) is 9.10. The third-order valence-electron chi connectivity index (χ3n) is 4.32. The van der Waals surface area contributed by atoms with Crippen molar-refractivity contribution in [2.45, 2.75) is 56.1 Å². The summed E-state index contributed by atoms with van der Waals surface area (Å²) < 4.78 is 32.0. The van der Waals surface area contributed by atoms with E-state index in [9.17, 15) is 13.2 Å². The van der Waals surface area contributed by atoms with Crippen molar-refractivity contribution in [1.29, 1.82) is 0 Å². The fraction of sp³-hybridized carbons (Fsp3) is 0.556. The number of amides is 1. The molecule has 8 nitrogen and oxygen atoms in total. The number of hydrogen-bond donors (Lipinski definition) is 2. The molecule has 2 N–H and O–H groups in total. The molecule has 0 spiro atoms. The standard InChI is InChI=1S/C18H27N3O5S2/c1-2-3-4-5-6-7-8-12-21(14-17(22)19-23)28(24,25)18-10-9-16(27-18)15-11-13-26-20-15/h9-11,13,23H,2-8,12,14H2,1H3,(H,19,22). The molecule has 0 saturated carbocycles. The van der Waals surface area contributed by atoms with Crippen LogP contribution < -0.4 is 5.48 Å². The Hall–Kier alpha value is -1.75. The van der Waals surface area contributed by atoms with Gasteiger partial charge in [-0.3, -0.25) is 10.0 Å². The van der Waals surface area contributed by atoms with Crippen LogP contribution in [-0.4, -0.2) is 42.1 Å². The summed E-state index contributed by atoms with van der Waals surface area (Å²) in [7, 11) is -3.86. The lowest BCUT2D eigenvalue weighted by molar-refractivity contribution is -0.129. The Labute approximate surface area is 169 Å². The van der Waals surface area contributed by atoms with Gasteiger partial charge in [0.15, 0.2) is 0 Å². The van der Waals surface area contributed by atoms with E-state index in [2.05, 4.69) is 12.1 Å². The Bertz CT molecular complexity index is 818. The van der Waals surface area contributed by atoms with E-state index < -0.39 is 22.5 Å². The highest BCUT2D eigenvalue weighted by Gasteiger charge is 2.28. The number of thiophene rings is 1. The first-order valence-corrected chi connectivity index (χ1v) is 11.7. The van der Waals surface area contributed by atoms with Crippen LogP contribution in [0.2, 0.25) is 0 Å². The van der Waals surface area contributed by atoms with Crippen molar-refractivity contribution in [3.05, 3.63) is 24.5 Å². The minimum atomic E-state index is -3.86. The van der Waals surface area contributed by atoms with Crippen molar-refractivity contribution in [2.24, 2.45) is 0 Å². The normalized spacial score (nSPS) is 11.8. The minimum Gasteiger partial charge on any atom is -0.364 e. The van der Waals surface area contributed by atoms with Crippen molar-refractivity contribution in [3.63, 3.8) is 0 Å². The van der Waals surface area contributed by atoms with Crippen molar-refractivity contribution in [1.82, 2.24) is 14.9 Å². The molecular formula is C18H27N3O5S2. The first kappa shape index (κ1) is 22.5. The molecule has 0 saturated heterocycles. The van der Waals surface area contributed by atoms with Gasteiger partial charge in [0, 0.05) is 12.6 Å². The second-order valence-electron chi connectivity index (χ2n) is 6.50. The second kappa shape index (κ2) is 11.3. The number of nitrogens with one attached hydrogen (secondary N) is 1. The van der Waals surface area contributed by atoms with Crippen molar-refractivity contribution < 1.29 is 22.9 Å². The fourth-order valence-corrected chi connectivity index (χ4v) is 5.65. The third-order valence-corrected chi connectivity index (χ3v) is 7.74. The molecule has 28 heavy (non-hydrogen) atoms. The van der Waals surface area contributed by atoms with Crippen LogP contribution in [0.25, 0.3) is 10.6 Å². The van der Waals surface area contributed by atoms with E-state index in [4.69, 9.17) is 9.73 Å². The number of sulfonamides is 1. The molecule has 10 heteroatoms. The number of aromatic nitrogens is 1. The molecule has 2 rings (SSSR count). The summed E-state index contributed by atoms with van der Waals surface area (Å²) in [6, 6.07) is 4.81. The van der Waals surface area contributed by atoms with Crippen LogP contribution in [0.4, 0.5) is 0 Å². The molecular weight excluding hydrogens is 402 g/mol. The minimum absolute atomic E-state index is 0.124. The molecule has 1 amide bonds. The molecule has 0 bridgehead atoms. The molecule has 2 aromatic rings. The van der Waals surface area contributed by atoms with Gasteiger partial charge < -0.3 is 4.52 Å². The summed E-state index contributed by atoms with van der Waals surface area (Å²) in [5, 5.41) is 12.6. The van der Waals surface area contributed by atoms with Gasteiger partial charge in [-0.15, -0.1) is 11.3 Å². The van der Waals surface area contributed by atoms with Gasteiger partial charge in [-0.2, -0.15) is 4.31 Å². The lowest BCUT2D eigenvalue weighted by Gasteiger charge is -2.20. The summed E-state index contributed by atoms with van der Waals surface area (Å²) in [5.74, 6) is -0.764. The SMILES string of the molecule is CCCCCCCCCN(CC(=O)NO)S(=O)(=O)c1ccc(-c2ccon2)s1. The van der Waals surface area contributed by atoms with Gasteiger partial charge in [0.25, 0.3) is 15.9 Å². The summed E-state index contributed by atoms with van der Waals surface area (Å²) in [5.41, 5.74) is 2.06. The Morgan fingerprint density at radius 2 is 1.89 bits per heavy atom. The van der Waals surface area contributed by atoms with Crippen LogP contribution >= 0.6 is 11.3 Å². The molecule has 0 aliphatic heterocycles. The second-order valence-corrected chi connectivity index (χ2v) is 9.75. The summed E-state index contributed by atoms with van der Waals surface area (Å²) in [4.78, 5) is 12.3. The smallest absolute Gasteiger partial charge is 0.258 e. The lowest BCUT2D eigenvalue weighted by atomic mass is 10.1. The van der Waals surface area contributed by atoms with E-state index in [0.29, 0.717) is 17.0 Å². The summed E-state index contributed by atoms with van der Waals surface area (Å²) in [6.45, 7) is 1.96. The monoisotopic (exact) mass is 429 g/mol. The van der Waals surface area contributed by atoms with Crippen LogP contribution in [0.1, 0.15) is 51.9 Å². The Morgan fingerprint density at radius 1 is 1.18 bits per heavy atom. The number of hydrogen-bond acceptors (Lipinski definition) is 7. The van der Waals surface area contributed by atoms with Crippen LogP contribution in [0, 0.1) is 0 Å². The van der Waals surface area contributed by atoms with Gasteiger partial charge in [0.2, 0.25) is 0 Å². The highest BCUT2D eigenvalue weighted by molar-refractivity contribution is 7.91. The molecule has 0 fully saturated rings. The predicted octanol–water partition coefficient (Wildman–Crippen LogP) is 3.65. The molecule has 0 atom stereocenters. The number of rotatable bonds is 13. The van der Waals surface area contributed by atoms with E-state index in [1.54, 1.807) is 12.1 Å². The third kappa shape index (κ3) is 6.40. The maximum atomic E-state index is 13.0. The van der Waals surface area contributed by atoms with Crippen molar-refractivity contribution >= 4 is 27.3 Å². The van der Waals surface area contributed by atoms with E-state index in [1.165, 1.54) is 37.1 Å². The van der Waals surface area contributed by atoms with Gasteiger partial charge in [-0.05, 0) is 18.6 Å². The lowest BCUT2D eigenvalue weighted by Crippen LogP contribution is -2.40. The Balaban J connectivity index is 2.03. The zero-order valence-corrected chi connectivity index (χ0v) is 17.6. The van der Waals surface area contributed by atoms with Gasteiger partial charge in [0.1, 0.15) is 16.2 Å². The highest BCUT2D eigenvalue weighted by atomic mass is 32.2. The number of hydroxylamine groups is 1. The van der Waals surface area contributed by atoms with Gasteiger partial charge >= 0.3 is 0 Å². The van der Waals surface area contributed by atoms with Crippen LogP contribution in [0.15, 0.2) is 33.2 Å². The first-order valence-electron chi connectivity index (χ1n) is 9.42. The number of carbonyl (C=O) groups excluding carboxylic acids is 1. The average molecular weight is 430 g/mol. The fourth-order valence-electron chi connectivity index (χ4n) is 2.79. The van der Waals surface area contributed by atoms with Crippen molar-refractivity contribution in [2.75, 3.05) is 13.1 Å². The molecule has 0 aliphatic carbocycles. The molecule has 0 unspecified atom stereocenters. The maximum absolute atomic E-state index is 13.0. The average Bonchev–Trinajstić information content (AvgIpc) is 3.37. The zero-order valence-electron chi connectivity index (χ0n) is 16.0. The van der Waals surface area contributed by atoms with E-state index in [1.807, 2.05) is 0 Å². The molecule has 156 valence electrons. The summed E-state index contributed by atoms with van der Waals surface area (Å²) >= 11 is 1.07. The summed E-state index contributed by atoms with van der Waals surface area (Å²) in [6.07, 6.45) is 8.71. The van der Waals surface area contributed by atoms with E-state index >= 15 is 0 Å². The van der Waals surface area contributed by atoms with Gasteiger partial charge in [-0.25, -0.2) is 13.9 Å². The zero-order chi connectivity index (χ0) is 20.4. The maximum Gasteiger partial charge on any atom is 0.258 e. The number of carbonyl (C=O) groups is 1. The Morgan fingerprint density at radius 3 is 2.54 bits per heavy atom.